The zero-order valence-corrected chi connectivity index (χ0v) is 17.1. The Morgan fingerprint density at radius 3 is 2.69 bits per heavy atom. The average Bonchev–Trinajstić information content (AvgIpc) is 2.70. The summed E-state index contributed by atoms with van der Waals surface area (Å²) < 4.78 is 5.37. The molecule has 0 bridgehead atoms. The third-order valence-electron chi connectivity index (χ3n) is 4.46. The molecule has 2 aromatic heterocycles. The maximum atomic E-state index is 12.2. The Bertz CT molecular complexity index is 1100. The number of hydrogen-bond acceptors (Lipinski definition) is 7. The van der Waals surface area contributed by atoms with Gasteiger partial charge in [0.1, 0.15) is 0 Å². The molecule has 10 heteroatoms. The van der Waals surface area contributed by atoms with E-state index in [0.717, 1.165) is 18.8 Å². The number of anilines is 3. The van der Waals surface area contributed by atoms with Crippen molar-refractivity contribution in [1.82, 2.24) is 19.9 Å². The lowest BCUT2D eigenvalue weighted by Crippen LogP contribution is -2.37. The van der Waals surface area contributed by atoms with Crippen LogP contribution in [0.15, 0.2) is 35.3 Å². The Morgan fingerprint density at radius 2 is 1.97 bits per heavy atom. The predicted molar refractivity (Wildman–Crippen MR) is 113 cm³/mol. The van der Waals surface area contributed by atoms with E-state index in [9.17, 15) is 4.79 Å². The van der Waals surface area contributed by atoms with E-state index in [1.165, 1.54) is 6.07 Å². The summed E-state index contributed by atoms with van der Waals surface area (Å²) in [6.45, 7) is 4.67. The molecule has 3 aromatic rings. The molecule has 1 aliphatic rings. The zero-order valence-electron chi connectivity index (χ0n) is 15.6. The summed E-state index contributed by atoms with van der Waals surface area (Å²) >= 11 is 12.1. The van der Waals surface area contributed by atoms with Crippen LogP contribution in [0.3, 0.4) is 0 Å². The lowest BCUT2D eigenvalue weighted by Gasteiger charge is -2.27. The normalized spacial score (nSPS) is 14.1. The van der Waals surface area contributed by atoms with Crippen LogP contribution in [0.5, 0.6) is 0 Å². The first-order valence-electron chi connectivity index (χ1n) is 9.00. The Labute approximate surface area is 176 Å². The minimum atomic E-state index is -0.306. The van der Waals surface area contributed by atoms with Crippen LogP contribution in [0.25, 0.3) is 11.3 Å². The molecule has 1 aromatic carbocycles. The van der Waals surface area contributed by atoms with Crippen molar-refractivity contribution in [2.45, 2.75) is 6.92 Å². The van der Waals surface area contributed by atoms with E-state index >= 15 is 0 Å². The highest BCUT2D eigenvalue weighted by molar-refractivity contribution is 6.36. The van der Waals surface area contributed by atoms with E-state index in [4.69, 9.17) is 27.9 Å². The number of nitrogens with zero attached hydrogens (tertiary/aromatic N) is 4. The molecule has 0 amide bonds. The second-order valence-electron chi connectivity index (χ2n) is 6.50. The van der Waals surface area contributed by atoms with Gasteiger partial charge in [-0.05, 0) is 25.1 Å². The smallest absolute Gasteiger partial charge is 0.252 e. The molecular weight excluding hydrogens is 415 g/mol. The van der Waals surface area contributed by atoms with Gasteiger partial charge in [0.25, 0.3) is 5.56 Å². The molecular formula is C19H18Cl2N6O2. The van der Waals surface area contributed by atoms with Crippen LogP contribution in [0.2, 0.25) is 10.0 Å². The molecule has 4 rings (SSSR count). The summed E-state index contributed by atoms with van der Waals surface area (Å²) in [5.41, 5.74) is 2.15. The van der Waals surface area contributed by atoms with Crippen molar-refractivity contribution in [1.29, 1.82) is 0 Å². The number of morpholine rings is 1. The maximum Gasteiger partial charge on any atom is 0.252 e. The third-order valence-corrected chi connectivity index (χ3v) is 5.01. The van der Waals surface area contributed by atoms with Gasteiger partial charge in [0, 0.05) is 35.9 Å². The molecule has 0 unspecified atom stereocenters. The van der Waals surface area contributed by atoms with E-state index in [1.807, 2.05) is 6.92 Å². The first-order chi connectivity index (χ1) is 14.0. The quantitative estimate of drug-likeness (QED) is 0.651. The molecule has 1 saturated heterocycles. The van der Waals surface area contributed by atoms with Crippen LogP contribution in [-0.2, 0) is 4.74 Å². The van der Waals surface area contributed by atoms with Crippen molar-refractivity contribution < 1.29 is 4.74 Å². The second kappa shape index (κ2) is 8.36. The number of H-pyrrole nitrogens is 1. The molecule has 2 N–H and O–H groups in total. The number of rotatable bonds is 4. The van der Waals surface area contributed by atoms with Crippen molar-refractivity contribution >= 4 is 40.8 Å². The summed E-state index contributed by atoms with van der Waals surface area (Å²) in [5, 5.41) is 3.95. The molecule has 3 heterocycles. The molecule has 0 spiro atoms. The second-order valence-corrected chi connectivity index (χ2v) is 7.34. The molecule has 0 saturated carbocycles. The first kappa shape index (κ1) is 19.6. The highest BCUT2D eigenvalue weighted by Crippen LogP contribution is 2.28. The molecule has 8 nitrogen and oxygen atoms in total. The van der Waals surface area contributed by atoms with Crippen molar-refractivity contribution in [2.24, 2.45) is 0 Å². The van der Waals surface area contributed by atoms with Crippen molar-refractivity contribution in [3.05, 3.63) is 56.6 Å². The molecule has 150 valence electrons. The van der Waals surface area contributed by atoms with E-state index in [1.54, 1.807) is 24.4 Å². The highest BCUT2D eigenvalue weighted by atomic mass is 35.5. The Balaban J connectivity index is 1.64. The van der Waals surface area contributed by atoms with Crippen LogP contribution < -0.4 is 15.8 Å². The van der Waals surface area contributed by atoms with Crippen molar-refractivity contribution in [3.8, 4) is 11.3 Å². The van der Waals surface area contributed by atoms with E-state index in [-0.39, 0.29) is 11.5 Å². The fourth-order valence-electron chi connectivity index (χ4n) is 3.00. The van der Waals surface area contributed by atoms with Crippen LogP contribution >= 0.6 is 23.2 Å². The van der Waals surface area contributed by atoms with Crippen molar-refractivity contribution in [2.75, 3.05) is 36.5 Å². The van der Waals surface area contributed by atoms with Crippen molar-refractivity contribution in [3.63, 3.8) is 0 Å². The number of ether oxygens (including phenoxy) is 1. The molecule has 1 aliphatic heterocycles. The molecule has 0 atom stereocenters. The largest absolute Gasteiger partial charge is 0.378 e. The summed E-state index contributed by atoms with van der Waals surface area (Å²) in [4.78, 5) is 30.5. The molecule has 1 fully saturated rings. The highest BCUT2D eigenvalue weighted by Gasteiger charge is 2.16. The number of nitrogens with one attached hydrogen (secondary N) is 2. The lowest BCUT2D eigenvalue weighted by atomic mass is 10.2. The van der Waals surface area contributed by atoms with Gasteiger partial charge in [0.2, 0.25) is 11.9 Å². The van der Waals surface area contributed by atoms with Crippen LogP contribution in [0.4, 0.5) is 17.6 Å². The number of halogens is 2. The Morgan fingerprint density at radius 1 is 1.17 bits per heavy atom. The van der Waals surface area contributed by atoms with Gasteiger partial charge in [0.15, 0.2) is 0 Å². The third kappa shape index (κ3) is 4.50. The number of aromatic amines is 1. The Kier molecular flexibility index (Phi) is 5.66. The standard InChI is InChI=1S/C19H18Cl2N6O2/c1-11-13(10-22-19(23-11)27-4-6-29-7-5-27)16-9-17(28)26-18(25-16)24-15-3-2-12(20)8-14(15)21/h2-3,8-10H,4-7H2,1H3,(H2,24,25,26,28). The molecule has 0 aliphatic carbocycles. The first-order valence-corrected chi connectivity index (χ1v) is 9.75. The average molecular weight is 433 g/mol. The van der Waals surface area contributed by atoms with Gasteiger partial charge in [-0.2, -0.15) is 0 Å². The molecule has 0 radical (unpaired) electrons. The maximum absolute atomic E-state index is 12.2. The fraction of sp³-hybridized carbons (Fsp3) is 0.263. The van der Waals surface area contributed by atoms with Gasteiger partial charge < -0.3 is 15.0 Å². The van der Waals surface area contributed by atoms with Crippen LogP contribution in [-0.4, -0.2) is 46.2 Å². The van der Waals surface area contributed by atoms with Gasteiger partial charge in [-0.15, -0.1) is 0 Å². The van der Waals surface area contributed by atoms with E-state index in [0.29, 0.717) is 46.2 Å². The SMILES string of the molecule is Cc1nc(N2CCOCC2)ncc1-c1cc(=O)[nH]c(Nc2ccc(Cl)cc2Cl)n1. The number of aromatic nitrogens is 4. The zero-order chi connectivity index (χ0) is 20.4. The lowest BCUT2D eigenvalue weighted by molar-refractivity contribution is 0.122. The summed E-state index contributed by atoms with van der Waals surface area (Å²) in [6.07, 6.45) is 1.69. The van der Waals surface area contributed by atoms with Gasteiger partial charge in [-0.25, -0.2) is 15.0 Å². The van der Waals surface area contributed by atoms with E-state index in [2.05, 4.69) is 30.2 Å². The summed E-state index contributed by atoms with van der Waals surface area (Å²) in [7, 11) is 0. The fourth-order valence-corrected chi connectivity index (χ4v) is 3.45. The number of benzene rings is 1. The number of aryl methyl sites for hydroxylation is 1. The minimum Gasteiger partial charge on any atom is -0.378 e. The van der Waals surface area contributed by atoms with Gasteiger partial charge in [-0.1, -0.05) is 23.2 Å². The van der Waals surface area contributed by atoms with Crippen LogP contribution in [0.1, 0.15) is 5.69 Å². The monoisotopic (exact) mass is 432 g/mol. The minimum absolute atomic E-state index is 0.258. The van der Waals surface area contributed by atoms with Crippen LogP contribution in [0, 0.1) is 6.92 Å². The summed E-state index contributed by atoms with van der Waals surface area (Å²) in [6, 6.07) is 6.42. The topological polar surface area (TPSA) is 96.0 Å². The summed E-state index contributed by atoms with van der Waals surface area (Å²) in [5.74, 6) is 0.902. The Hall–Kier alpha value is -2.68. The van der Waals surface area contributed by atoms with Gasteiger partial charge in [-0.3, -0.25) is 9.78 Å². The predicted octanol–water partition coefficient (Wildman–Crippen LogP) is 3.42. The molecule has 29 heavy (non-hydrogen) atoms. The van der Waals surface area contributed by atoms with Gasteiger partial charge in [0.05, 0.1) is 35.3 Å². The van der Waals surface area contributed by atoms with E-state index < -0.39 is 0 Å². The van der Waals surface area contributed by atoms with Gasteiger partial charge >= 0.3 is 0 Å². The number of hydrogen-bond donors (Lipinski definition) is 2.